The van der Waals surface area contributed by atoms with Crippen LogP contribution in [0.25, 0.3) is 10.2 Å². The second-order valence-electron chi connectivity index (χ2n) is 7.46. The molecule has 1 atom stereocenters. The number of aromatic nitrogens is 2. The molecule has 1 aromatic carbocycles. The number of carbonyl (C=O) groups is 2. The van der Waals surface area contributed by atoms with Gasteiger partial charge in [0.15, 0.2) is 0 Å². The number of nitrogens with one attached hydrogen (secondary N) is 1. The van der Waals surface area contributed by atoms with Crippen LogP contribution in [-0.2, 0) is 4.74 Å². The third-order valence-electron chi connectivity index (χ3n) is 5.57. The van der Waals surface area contributed by atoms with Crippen LogP contribution in [-0.4, -0.2) is 41.5 Å². The van der Waals surface area contributed by atoms with E-state index in [1.54, 1.807) is 30.6 Å². The number of amides is 1. The molecule has 1 aliphatic heterocycles. The molecule has 30 heavy (non-hydrogen) atoms. The van der Waals surface area contributed by atoms with Crippen LogP contribution in [0.2, 0.25) is 0 Å². The van der Waals surface area contributed by atoms with Gasteiger partial charge in [0.2, 0.25) is 0 Å². The Morgan fingerprint density at radius 3 is 2.80 bits per heavy atom. The summed E-state index contributed by atoms with van der Waals surface area (Å²) < 4.78 is 4.82. The quantitative estimate of drug-likeness (QED) is 0.624. The van der Waals surface area contributed by atoms with Gasteiger partial charge in [-0.3, -0.25) is 4.79 Å². The van der Waals surface area contributed by atoms with Crippen molar-refractivity contribution in [2.24, 2.45) is 0 Å². The second-order valence-corrected chi connectivity index (χ2v) is 8.46. The van der Waals surface area contributed by atoms with Gasteiger partial charge in [0.1, 0.15) is 17.0 Å². The Bertz CT molecular complexity index is 1110. The number of anilines is 2. The Morgan fingerprint density at radius 2 is 2.03 bits per heavy atom. The monoisotopic (exact) mass is 424 g/mol. The van der Waals surface area contributed by atoms with E-state index < -0.39 is 5.97 Å². The molecule has 156 valence electrons. The summed E-state index contributed by atoms with van der Waals surface area (Å²) in [6.45, 7) is 5.10. The molecule has 1 amide bonds. The highest BCUT2D eigenvalue weighted by Gasteiger charge is 2.26. The highest BCUT2D eigenvalue weighted by molar-refractivity contribution is 7.20. The van der Waals surface area contributed by atoms with E-state index in [0.717, 1.165) is 41.0 Å². The first kappa shape index (κ1) is 20.3. The molecule has 3 aromatic rings. The average Bonchev–Trinajstić information content (AvgIpc) is 3.11. The largest absolute Gasteiger partial charge is 0.465 e. The third kappa shape index (κ3) is 3.63. The number of thiophene rings is 1. The van der Waals surface area contributed by atoms with Gasteiger partial charge in [-0.1, -0.05) is 12.1 Å². The van der Waals surface area contributed by atoms with Crippen LogP contribution < -0.4 is 10.2 Å². The van der Waals surface area contributed by atoms with Crippen LogP contribution in [0, 0.1) is 6.92 Å². The first-order valence-corrected chi connectivity index (χ1v) is 10.8. The van der Waals surface area contributed by atoms with Gasteiger partial charge in [0, 0.05) is 12.6 Å². The summed E-state index contributed by atoms with van der Waals surface area (Å²) >= 11 is 1.34. The SMILES string of the molecule is COC(=O)c1ccccc1NC(=O)c1sc2ncnc(N3CCCC[C@@H]3C)c2c1C. The van der Waals surface area contributed by atoms with Gasteiger partial charge in [0.05, 0.1) is 28.6 Å². The minimum atomic E-state index is -0.494. The van der Waals surface area contributed by atoms with Crippen LogP contribution in [0.3, 0.4) is 0 Å². The Labute approximate surface area is 179 Å². The molecule has 0 bridgehead atoms. The number of aryl methyl sites for hydroxylation is 1. The highest BCUT2D eigenvalue weighted by Crippen LogP contribution is 2.37. The number of rotatable bonds is 4. The Kier molecular flexibility index (Phi) is 5.67. The molecule has 3 heterocycles. The molecule has 0 radical (unpaired) electrons. The summed E-state index contributed by atoms with van der Waals surface area (Å²) in [5.41, 5.74) is 1.59. The maximum Gasteiger partial charge on any atom is 0.339 e. The van der Waals surface area contributed by atoms with Gasteiger partial charge in [-0.05, 0) is 50.8 Å². The van der Waals surface area contributed by atoms with E-state index >= 15 is 0 Å². The predicted octanol–water partition coefficient (Wildman–Crippen LogP) is 4.42. The molecule has 4 rings (SSSR count). The fraction of sp³-hybridized carbons (Fsp3) is 0.364. The van der Waals surface area contributed by atoms with E-state index in [9.17, 15) is 9.59 Å². The molecule has 0 saturated carbocycles. The summed E-state index contributed by atoms with van der Waals surface area (Å²) in [6.07, 6.45) is 5.06. The van der Waals surface area contributed by atoms with Crippen molar-refractivity contribution in [3.05, 3.63) is 46.6 Å². The Balaban J connectivity index is 1.71. The smallest absolute Gasteiger partial charge is 0.339 e. The van der Waals surface area contributed by atoms with E-state index in [1.165, 1.54) is 24.9 Å². The number of methoxy groups -OCH3 is 1. The van der Waals surface area contributed by atoms with Gasteiger partial charge < -0.3 is 15.0 Å². The van der Waals surface area contributed by atoms with Crippen molar-refractivity contribution in [3.63, 3.8) is 0 Å². The Hall–Kier alpha value is -3.00. The zero-order chi connectivity index (χ0) is 21.3. The molecule has 8 heteroatoms. The van der Waals surface area contributed by atoms with E-state index in [-0.39, 0.29) is 5.91 Å². The number of para-hydroxylation sites is 1. The fourth-order valence-electron chi connectivity index (χ4n) is 3.96. The molecule has 1 N–H and O–H groups in total. The molecular weight excluding hydrogens is 400 g/mol. The van der Waals surface area contributed by atoms with Gasteiger partial charge in [-0.15, -0.1) is 11.3 Å². The maximum atomic E-state index is 13.1. The van der Waals surface area contributed by atoms with Crippen molar-refractivity contribution in [3.8, 4) is 0 Å². The summed E-state index contributed by atoms with van der Waals surface area (Å²) in [7, 11) is 1.32. The summed E-state index contributed by atoms with van der Waals surface area (Å²) in [5, 5.41) is 3.79. The number of piperidine rings is 1. The zero-order valence-electron chi connectivity index (χ0n) is 17.3. The average molecular weight is 425 g/mol. The topological polar surface area (TPSA) is 84.4 Å². The van der Waals surface area contributed by atoms with Gasteiger partial charge >= 0.3 is 5.97 Å². The molecule has 7 nitrogen and oxygen atoms in total. The van der Waals surface area contributed by atoms with Crippen molar-refractivity contribution >= 4 is 44.9 Å². The molecule has 1 fully saturated rings. The maximum absolute atomic E-state index is 13.1. The second kappa shape index (κ2) is 8.39. The van der Waals surface area contributed by atoms with Crippen LogP contribution in [0.4, 0.5) is 11.5 Å². The minimum Gasteiger partial charge on any atom is -0.465 e. The van der Waals surface area contributed by atoms with Gasteiger partial charge in [0.25, 0.3) is 5.91 Å². The summed E-state index contributed by atoms with van der Waals surface area (Å²) in [4.78, 5) is 37.8. The minimum absolute atomic E-state index is 0.274. The highest BCUT2D eigenvalue weighted by atomic mass is 32.1. The first-order chi connectivity index (χ1) is 14.5. The van der Waals surface area contributed by atoms with Gasteiger partial charge in [-0.2, -0.15) is 0 Å². The van der Waals surface area contributed by atoms with Crippen LogP contribution >= 0.6 is 11.3 Å². The lowest BCUT2D eigenvalue weighted by molar-refractivity contribution is 0.0602. The number of hydrogen-bond donors (Lipinski definition) is 1. The molecule has 0 unspecified atom stereocenters. The van der Waals surface area contributed by atoms with Gasteiger partial charge in [-0.25, -0.2) is 14.8 Å². The standard InChI is InChI=1S/C22H24N4O3S/c1-13-8-6-7-11-26(13)19-17-14(2)18(30-21(17)24-12-23-19)20(27)25-16-10-5-4-9-15(16)22(28)29-3/h4-5,9-10,12-13H,6-8,11H2,1-3H3,(H,25,27)/t13-/m0/s1. The lowest BCUT2D eigenvalue weighted by Gasteiger charge is -2.34. The van der Waals surface area contributed by atoms with Crippen molar-refractivity contribution in [2.75, 3.05) is 23.9 Å². The fourth-order valence-corrected chi connectivity index (χ4v) is 5.00. The first-order valence-electron chi connectivity index (χ1n) is 10.0. The Morgan fingerprint density at radius 1 is 1.23 bits per heavy atom. The van der Waals surface area contributed by atoms with Crippen molar-refractivity contribution < 1.29 is 14.3 Å². The summed E-state index contributed by atoms with van der Waals surface area (Å²) in [5.74, 6) is 0.130. The molecule has 1 saturated heterocycles. The third-order valence-corrected chi connectivity index (χ3v) is 6.77. The number of esters is 1. The number of fused-ring (bicyclic) bond motifs is 1. The molecular formula is C22H24N4O3S. The molecule has 1 aliphatic rings. The molecule has 2 aromatic heterocycles. The van der Waals surface area contributed by atoms with Crippen molar-refractivity contribution in [1.29, 1.82) is 0 Å². The van der Waals surface area contributed by atoms with E-state index in [1.807, 2.05) is 6.92 Å². The molecule has 0 spiro atoms. The van der Waals surface area contributed by atoms with E-state index in [4.69, 9.17) is 4.74 Å². The van der Waals surface area contributed by atoms with Crippen molar-refractivity contribution in [1.82, 2.24) is 9.97 Å². The lowest BCUT2D eigenvalue weighted by atomic mass is 10.0. The van der Waals surface area contributed by atoms with E-state index in [0.29, 0.717) is 22.2 Å². The van der Waals surface area contributed by atoms with Crippen LogP contribution in [0.15, 0.2) is 30.6 Å². The number of ether oxygens (including phenoxy) is 1. The lowest BCUT2D eigenvalue weighted by Crippen LogP contribution is -2.38. The molecule has 0 aliphatic carbocycles. The number of carbonyl (C=O) groups excluding carboxylic acids is 2. The van der Waals surface area contributed by atoms with E-state index in [2.05, 4.69) is 27.1 Å². The number of benzene rings is 1. The number of hydrogen-bond acceptors (Lipinski definition) is 7. The zero-order valence-corrected chi connectivity index (χ0v) is 18.1. The summed E-state index contributed by atoms with van der Waals surface area (Å²) in [6, 6.07) is 7.21. The van der Waals surface area contributed by atoms with Crippen LogP contribution in [0.1, 0.15) is 51.8 Å². The normalized spacial score (nSPS) is 16.5. The van der Waals surface area contributed by atoms with Crippen molar-refractivity contribution in [2.45, 2.75) is 39.2 Å². The number of nitrogens with zero attached hydrogens (tertiary/aromatic N) is 3. The van der Waals surface area contributed by atoms with Crippen LogP contribution in [0.5, 0.6) is 0 Å². The predicted molar refractivity (Wildman–Crippen MR) is 119 cm³/mol.